The maximum Gasteiger partial charge on any atom is 0.341 e. The number of rotatable bonds is 7. The number of thiophene rings is 1. The van der Waals surface area contributed by atoms with Crippen LogP contribution < -0.4 is 10.6 Å². The van der Waals surface area contributed by atoms with E-state index in [1.54, 1.807) is 6.92 Å². The van der Waals surface area contributed by atoms with Crippen LogP contribution in [0.3, 0.4) is 0 Å². The van der Waals surface area contributed by atoms with Crippen molar-refractivity contribution in [3.8, 4) is 0 Å². The van der Waals surface area contributed by atoms with Gasteiger partial charge < -0.3 is 15.4 Å². The fraction of sp³-hybridized carbons (Fsp3) is 0.381. The van der Waals surface area contributed by atoms with Crippen molar-refractivity contribution in [3.05, 3.63) is 45.8 Å². The Kier molecular flexibility index (Phi) is 7.34. The number of ether oxygens (including phenoxy) is 1. The summed E-state index contributed by atoms with van der Waals surface area (Å²) < 4.78 is 5.16. The minimum absolute atomic E-state index is 0.270. The minimum Gasteiger partial charge on any atom is -0.452 e. The molecule has 7 heteroatoms. The molecule has 0 saturated heterocycles. The predicted octanol–water partition coefficient (Wildman–Crippen LogP) is 4.63. The molecule has 2 amide bonds. The van der Waals surface area contributed by atoms with E-state index in [2.05, 4.69) is 24.5 Å². The van der Waals surface area contributed by atoms with Gasteiger partial charge in [-0.3, -0.25) is 9.59 Å². The molecule has 0 bridgehead atoms. The van der Waals surface area contributed by atoms with E-state index in [1.807, 2.05) is 31.2 Å². The van der Waals surface area contributed by atoms with Crippen molar-refractivity contribution in [1.82, 2.24) is 0 Å². The third-order valence-corrected chi connectivity index (χ3v) is 5.71. The lowest BCUT2D eigenvalue weighted by Crippen LogP contribution is -2.21. The zero-order valence-electron chi connectivity index (χ0n) is 16.8. The predicted molar refractivity (Wildman–Crippen MR) is 112 cm³/mol. The van der Waals surface area contributed by atoms with Gasteiger partial charge >= 0.3 is 5.97 Å². The molecule has 0 fully saturated rings. The Bertz CT molecular complexity index is 871. The number of carbonyl (C=O) groups excluding carboxylic acids is 3. The summed E-state index contributed by atoms with van der Waals surface area (Å²) in [5.41, 5.74) is 2.89. The van der Waals surface area contributed by atoms with Gasteiger partial charge in [0, 0.05) is 17.5 Å². The van der Waals surface area contributed by atoms with Crippen LogP contribution >= 0.6 is 11.3 Å². The van der Waals surface area contributed by atoms with Crippen LogP contribution in [0, 0.1) is 13.8 Å². The van der Waals surface area contributed by atoms with Gasteiger partial charge in [0.2, 0.25) is 5.91 Å². The summed E-state index contributed by atoms with van der Waals surface area (Å²) in [6, 6.07) is 7.63. The van der Waals surface area contributed by atoms with Crippen LogP contribution in [0.15, 0.2) is 24.3 Å². The highest BCUT2D eigenvalue weighted by atomic mass is 32.1. The van der Waals surface area contributed by atoms with E-state index in [0.29, 0.717) is 22.2 Å². The summed E-state index contributed by atoms with van der Waals surface area (Å²) in [5.74, 6) is -0.863. The Labute approximate surface area is 169 Å². The normalized spacial score (nSPS) is 11.6. The van der Waals surface area contributed by atoms with Crippen molar-refractivity contribution in [2.45, 2.75) is 47.0 Å². The van der Waals surface area contributed by atoms with E-state index in [-0.39, 0.29) is 5.91 Å². The van der Waals surface area contributed by atoms with Gasteiger partial charge in [0.25, 0.3) is 5.91 Å². The molecule has 0 aliphatic rings. The lowest BCUT2D eigenvalue weighted by molar-refractivity contribution is -0.119. The summed E-state index contributed by atoms with van der Waals surface area (Å²) in [4.78, 5) is 36.8. The highest BCUT2D eigenvalue weighted by Gasteiger charge is 2.22. The lowest BCUT2D eigenvalue weighted by Gasteiger charge is -2.11. The van der Waals surface area contributed by atoms with Gasteiger partial charge in [0.15, 0.2) is 6.61 Å². The maximum atomic E-state index is 12.4. The van der Waals surface area contributed by atoms with E-state index < -0.39 is 18.5 Å². The van der Waals surface area contributed by atoms with E-state index in [1.165, 1.54) is 23.8 Å². The van der Waals surface area contributed by atoms with Crippen LogP contribution in [0.5, 0.6) is 0 Å². The van der Waals surface area contributed by atoms with E-state index in [0.717, 1.165) is 16.9 Å². The molecular weight excluding hydrogens is 376 g/mol. The van der Waals surface area contributed by atoms with Crippen LogP contribution in [-0.4, -0.2) is 24.4 Å². The molecule has 2 rings (SSSR count). The van der Waals surface area contributed by atoms with E-state index >= 15 is 0 Å². The molecule has 0 aliphatic carbocycles. The Morgan fingerprint density at radius 2 is 1.75 bits per heavy atom. The number of nitrogens with one attached hydrogen (secondary N) is 2. The highest BCUT2D eigenvalue weighted by molar-refractivity contribution is 7.16. The molecular formula is C21H26N2O4S. The van der Waals surface area contributed by atoms with Crippen LogP contribution in [0.25, 0.3) is 0 Å². The molecule has 1 heterocycles. The quantitative estimate of drug-likeness (QED) is 0.661. The van der Waals surface area contributed by atoms with Gasteiger partial charge in [-0.15, -0.1) is 11.3 Å². The average Bonchev–Trinajstić information content (AvgIpc) is 2.92. The van der Waals surface area contributed by atoms with E-state index in [4.69, 9.17) is 4.74 Å². The molecule has 0 spiro atoms. The van der Waals surface area contributed by atoms with Gasteiger partial charge in [0.05, 0.1) is 5.56 Å². The zero-order chi connectivity index (χ0) is 20.8. The summed E-state index contributed by atoms with van der Waals surface area (Å²) in [6.45, 7) is 8.89. The Balaban J connectivity index is 1.97. The molecule has 2 aromatic rings. The fourth-order valence-corrected chi connectivity index (χ4v) is 3.75. The smallest absolute Gasteiger partial charge is 0.341 e. The third-order valence-electron chi connectivity index (χ3n) is 4.59. The topological polar surface area (TPSA) is 84.5 Å². The minimum atomic E-state index is -0.632. The molecule has 0 radical (unpaired) electrons. The number of hydrogen-bond donors (Lipinski definition) is 2. The number of aryl methyl sites for hydroxylation is 1. The molecule has 1 atom stereocenters. The fourth-order valence-electron chi connectivity index (χ4n) is 2.65. The van der Waals surface area contributed by atoms with Gasteiger partial charge in [-0.1, -0.05) is 26.0 Å². The molecule has 0 saturated carbocycles. The number of amides is 2. The van der Waals surface area contributed by atoms with Crippen molar-refractivity contribution in [3.63, 3.8) is 0 Å². The SMILES string of the molecule is CC[C@H](C)c1ccc(NC(=O)COC(=O)c2c(NC(C)=O)sc(C)c2C)cc1. The molecule has 1 aromatic heterocycles. The number of esters is 1. The number of benzene rings is 1. The first-order valence-electron chi connectivity index (χ1n) is 9.17. The standard InChI is InChI=1S/C21H26N2O4S/c1-6-12(2)16-7-9-17(10-8-16)23-18(25)11-27-21(26)19-13(3)14(4)28-20(19)22-15(5)24/h7-10,12H,6,11H2,1-5H3,(H,22,24)(H,23,25)/t12-/m0/s1. The maximum absolute atomic E-state index is 12.4. The number of carbonyl (C=O) groups is 3. The summed E-state index contributed by atoms with van der Waals surface area (Å²) >= 11 is 1.31. The van der Waals surface area contributed by atoms with Crippen molar-refractivity contribution >= 4 is 39.8 Å². The third kappa shape index (κ3) is 5.42. The molecule has 28 heavy (non-hydrogen) atoms. The molecule has 2 N–H and O–H groups in total. The summed E-state index contributed by atoms with van der Waals surface area (Å²) in [7, 11) is 0. The largest absolute Gasteiger partial charge is 0.452 e. The van der Waals surface area contributed by atoms with E-state index in [9.17, 15) is 14.4 Å². The first kappa shape index (κ1) is 21.6. The van der Waals surface area contributed by atoms with Gasteiger partial charge in [0.1, 0.15) is 5.00 Å². The lowest BCUT2D eigenvalue weighted by atomic mass is 9.99. The van der Waals surface area contributed by atoms with Gasteiger partial charge in [-0.2, -0.15) is 0 Å². The van der Waals surface area contributed by atoms with Crippen molar-refractivity contribution in [1.29, 1.82) is 0 Å². The second-order valence-electron chi connectivity index (χ2n) is 6.72. The van der Waals surface area contributed by atoms with Crippen molar-refractivity contribution < 1.29 is 19.1 Å². The second kappa shape index (κ2) is 9.50. The zero-order valence-corrected chi connectivity index (χ0v) is 17.7. The van der Waals surface area contributed by atoms with Crippen LogP contribution in [-0.2, 0) is 14.3 Å². The molecule has 0 unspecified atom stereocenters. The van der Waals surface area contributed by atoms with Crippen LogP contribution in [0.2, 0.25) is 0 Å². The Morgan fingerprint density at radius 1 is 1.11 bits per heavy atom. The average molecular weight is 403 g/mol. The highest BCUT2D eigenvalue weighted by Crippen LogP contribution is 2.33. The monoisotopic (exact) mass is 402 g/mol. The number of anilines is 2. The summed E-state index contributed by atoms with van der Waals surface area (Å²) in [6.07, 6.45) is 1.05. The van der Waals surface area contributed by atoms with Crippen molar-refractivity contribution in [2.75, 3.05) is 17.2 Å². The van der Waals surface area contributed by atoms with Gasteiger partial charge in [-0.25, -0.2) is 4.79 Å². The second-order valence-corrected chi connectivity index (χ2v) is 7.95. The van der Waals surface area contributed by atoms with Crippen molar-refractivity contribution in [2.24, 2.45) is 0 Å². The Morgan fingerprint density at radius 3 is 2.32 bits per heavy atom. The summed E-state index contributed by atoms with van der Waals surface area (Å²) in [5, 5.41) is 5.80. The van der Waals surface area contributed by atoms with Gasteiger partial charge in [-0.05, 0) is 49.4 Å². The number of hydrogen-bond acceptors (Lipinski definition) is 5. The van der Waals surface area contributed by atoms with Crippen LogP contribution in [0.1, 0.15) is 59.5 Å². The molecule has 0 aliphatic heterocycles. The first-order chi connectivity index (χ1) is 13.2. The molecule has 150 valence electrons. The molecule has 1 aromatic carbocycles. The first-order valence-corrected chi connectivity index (χ1v) is 9.99. The Hall–Kier alpha value is -2.67. The van der Waals surface area contributed by atoms with Crippen LogP contribution in [0.4, 0.5) is 10.7 Å². The molecule has 6 nitrogen and oxygen atoms in total.